The van der Waals surface area contributed by atoms with Gasteiger partial charge in [-0.25, -0.2) is 4.39 Å². The summed E-state index contributed by atoms with van der Waals surface area (Å²) in [6.07, 6.45) is 4.71. The third-order valence-electron chi connectivity index (χ3n) is 4.72. The highest BCUT2D eigenvalue weighted by Crippen LogP contribution is 2.35. The Kier molecular flexibility index (Phi) is 2.93. The topological polar surface area (TPSA) is 20.2 Å². The van der Waals surface area contributed by atoms with Crippen molar-refractivity contribution in [3.8, 4) is 0 Å². The molecule has 0 heterocycles. The van der Waals surface area contributed by atoms with Crippen LogP contribution in [-0.4, -0.2) is 5.11 Å². The van der Waals surface area contributed by atoms with Crippen molar-refractivity contribution < 1.29 is 9.50 Å². The van der Waals surface area contributed by atoms with E-state index >= 15 is 0 Å². The number of hydrogen-bond acceptors (Lipinski definition) is 1. The molecule has 0 aromatic heterocycles. The van der Waals surface area contributed by atoms with Crippen molar-refractivity contribution in [2.24, 2.45) is 0 Å². The summed E-state index contributed by atoms with van der Waals surface area (Å²) in [5, 5.41) is 13.7. The highest BCUT2D eigenvalue weighted by atomic mass is 19.1. The van der Waals surface area contributed by atoms with Crippen molar-refractivity contribution in [2.45, 2.75) is 32.3 Å². The summed E-state index contributed by atoms with van der Waals surface area (Å²) in [5.41, 5.74) is 3.25. The van der Waals surface area contributed by atoms with Crippen LogP contribution in [0.15, 0.2) is 36.4 Å². The number of aliphatic hydroxyl groups excluding tert-OH is 1. The van der Waals surface area contributed by atoms with Crippen molar-refractivity contribution in [1.29, 1.82) is 0 Å². The molecule has 106 valence electrons. The molecule has 21 heavy (non-hydrogen) atoms. The van der Waals surface area contributed by atoms with Crippen LogP contribution in [0.4, 0.5) is 4.39 Å². The quantitative estimate of drug-likeness (QED) is 0.651. The first kappa shape index (κ1) is 12.8. The lowest BCUT2D eigenvalue weighted by molar-refractivity contribution is 0.277. The lowest BCUT2D eigenvalue weighted by atomic mass is 9.86. The molecule has 0 amide bonds. The van der Waals surface area contributed by atoms with Crippen LogP contribution >= 0.6 is 0 Å². The van der Waals surface area contributed by atoms with E-state index < -0.39 is 0 Å². The van der Waals surface area contributed by atoms with Gasteiger partial charge >= 0.3 is 0 Å². The van der Waals surface area contributed by atoms with E-state index in [9.17, 15) is 9.50 Å². The van der Waals surface area contributed by atoms with Gasteiger partial charge in [0.2, 0.25) is 0 Å². The zero-order chi connectivity index (χ0) is 14.4. The Hall–Kier alpha value is -1.93. The Morgan fingerprint density at radius 2 is 1.67 bits per heavy atom. The van der Waals surface area contributed by atoms with Crippen molar-refractivity contribution in [2.75, 3.05) is 0 Å². The molecular formula is C19H17FO. The minimum atomic E-state index is -0.324. The third kappa shape index (κ3) is 1.86. The van der Waals surface area contributed by atoms with Crippen LogP contribution in [0.1, 0.15) is 29.5 Å². The number of fused-ring (bicyclic) bond motifs is 5. The molecule has 1 nitrogen and oxygen atoms in total. The molecule has 1 aliphatic carbocycles. The summed E-state index contributed by atoms with van der Waals surface area (Å²) < 4.78 is 14.0. The Morgan fingerprint density at radius 3 is 2.52 bits per heavy atom. The fourth-order valence-electron chi connectivity index (χ4n) is 3.69. The zero-order valence-electron chi connectivity index (χ0n) is 11.8. The molecule has 0 aliphatic heterocycles. The minimum Gasteiger partial charge on any atom is -0.392 e. The Bertz CT molecular complexity index is 851. The maximum absolute atomic E-state index is 14.0. The molecule has 0 unspecified atom stereocenters. The second-order valence-electron chi connectivity index (χ2n) is 5.85. The second kappa shape index (κ2) is 4.81. The Balaban J connectivity index is 2.16. The van der Waals surface area contributed by atoms with Crippen molar-refractivity contribution >= 4 is 21.5 Å². The lowest BCUT2D eigenvalue weighted by Crippen LogP contribution is -2.03. The van der Waals surface area contributed by atoms with Crippen molar-refractivity contribution in [1.82, 2.24) is 0 Å². The number of hydrogen-bond donors (Lipinski definition) is 1. The van der Waals surface area contributed by atoms with Gasteiger partial charge in [-0.3, -0.25) is 0 Å². The summed E-state index contributed by atoms with van der Waals surface area (Å²) in [5.74, 6) is -0.324. The molecule has 0 saturated heterocycles. The van der Waals surface area contributed by atoms with Gasteiger partial charge < -0.3 is 5.11 Å². The minimum absolute atomic E-state index is 0.265. The normalized spacial score (nSPS) is 14.6. The Morgan fingerprint density at radius 1 is 0.905 bits per heavy atom. The van der Waals surface area contributed by atoms with Crippen LogP contribution in [-0.2, 0) is 19.4 Å². The monoisotopic (exact) mass is 280 g/mol. The van der Waals surface area contributed by atoms with Crippen LogP contribution in [0.3, 0.4) is 0 Å². The fraction of sp³-hybridized carbons (Fsp3) is 0.263. The first-order valence-corrected chi connectivity index (χ1v) is 7.55. The largest absolute Gasteiger partial charge is 0.392 e. The van der Waals surface area contributed by atoms with Crippen LogP contribution in [0.2, 0.25) is 0 Å². The third-order valence-corrected chi connectivity index (χ3v) is 4.72. The van der Waals surface area contributed by atoms with E-state index in [-0.39, 0.29) is 12.4 Å². The van der Waals surface area contributed by atoms with E-state index in [1.165, 1.54) is 35.4 Å². The lowest BCUT2D eigenvalue weighted by Gasteiger charge is -2.19. The van der Waals surface area contributed by atoms with E-state index in [0.29, 0.717) is 5.56 Å². The molecular weight excluding hydrogens is 263 g/mol. The van der Waals surface area contributed by atoms with Gasteiger partial charge in [0.05, 0.1) is 6.61 Å². The summed E-state index contributed by atoms with van der Waals surface area (Å²) >= 11 is 0. The van der Waals surface area contributed by atoms with E-state index in [1.54, 1.807) is 6.07 Å². The molecule has 0 bridgehead atoms. The highest BCUT2D eigenvalue weighted by molar-refractivity contribution is 6.10. The molecule has 0 saturated carbocycles. The van der Waals surface area contributed by atoms with Crippen LogP contribution < -0.4 is 0 Å². The summed E-state index contributed by atoms with van der Waals surface area (Å²) in [7, 11) is 0. The predicted molar refractivity (Wildman–Crippen MR) is 84.0 cm³/mol. The van der Waals surface area contributed by atoms with Crippen molar-refractivity contribution in [3.05, 3.63) is 58.9 Å². The molecule has 0 radical (unpaired) electrons. The number of rotatable bonds is 1. The van der Waals surface area contributed by atoms with Gasteiger partial charge in [0.15, 0.2) is 0 Å². The maximum atomic E-state index is 14.0. The van der Waals surface area contributed by atoms with E-state index in [2.05, 4.69) is 18.2 Å². The molecule has 0 fully saturated rings. The van der Waals surface area contributed by atoms with Gasteiger partial charge in [0, 0.05) is 5.56 Å². The van der Waals surface area contributed by atoms with E-state index in [1.807, 2.05) is 6.07 Å². The maximum Gasteiger partial charge on any atom is 0.129 e. The highest BCUT2D eigenvalue weighted by Gasteiger charge is 2.15. The van der Waals surface area contributed by atoms with Gasteiger partial charge in [0.25, 0.3) is 0 Å². The molecule has 0 atom stereocenters. The van der Waals surface area contributed by atoms with Gasteiger partial charge in [-0.2, -0.15) is 0 Å². The van der Waals surface area contributed by atoms with Gasteiger partial charge in [-0.05, 0) is 64.4 Å². The standard InChI is InChI=1S/C19H17FO/c20-18-10-7-13-6-8-15-14-4-2-1-3-12(14)5-9-16(15)19(13)17(18)11-21/h5-10,21H,1-4,11H2. The molecule has 3 aromatic carbocycles. The van der Waals surface area contributed by atoms with E-state index in [4.69, 9.17) is 0 Å². The average Bonchev–Trinajstić information content (AvgIpc) is 2.54. The molecule has 3 aromatic rings. The molecule has 1 N–H and O–H groups in total. The predicted octanol–water partition coefficient (Wildman–Crippen LogP) is 4.50. The van der Waals surface area contributed by atoms with Crippen molar-refractivity contribution in [3.63, 3.8) is 0 Å². The number of aryl methyl sites for hydroxylation is 2. The SMILES string of the molecule is OCc1c(F)ccc2ccc3c4c(ccc3c12)CCCC4. The van der Waals surface area contributed by atoms with Gasteiger partial charge in [0.1, 0.15) is 5.82 Å². The average molecular weight is 280 g/mol. The summed E-state index contributed by atoms with van der Waals surface area (Å²) in [6.45, 7) is -0.265. The fourth-order valence-corrected chi connectivity index (χ4v) is 3.69. The first-order valence-electron chi connectivity index (χ1n) is 7.55. The molecule has 1 aliphatic rings. The van der Waals surface area contributed by atoms with Crippen LogP contribution in [0.5, 0.6) is 0 Å². The van der Waals surface area contributed by atoms with Gasteiger partial charge in [-0.1, -0.05) is 30.3 Å². The second-order valence-corrected chi connectivity index (χ2v) is 5.85. The summed E-state index contributed by atoms with van der Waals surface area (Å²) in [6, 6.07) is 11.7. The molecule has 2 heteroatoms. The smallest absolute Gasteiger partial charge is 0.129 e. The number of benzene rings is 3. The first-order chi connectivity index (χ1) is 10.3. The van der Waals surface area contributed by atoms with Crippen LogP contribution in [0.25, 0.3) is 21.5 Å². The van der Waals surface area contributed by atoms with E-state index in [0.717, 1.165) is 29.0 Å². The zero-order valence-corrected chi connectivity index (χ0v) is 11.8. The van der Waals surface area contributed by atoms with Gasteiger partial charge in [-0.15, -0.1) is 0 Å². The summed E-state index contributed by atoms with van der Waals surface area (Å²) in [4.78, 5) is 0. The molecule has 4 rings (SSSR count). The number of halogens is 1. The van der Waals surface area contributed by atoms with Crippen LogP contribution in [0, 0.1) is 5.82 Å². The Labute approximate surface area is 123 Å². The molecule has 0 spiro atoms. The number of aliphatic hydroxyl groups is 1.